The van der Waals surface area contributed by atoms with Gasteiger partial charge in [0, 0.05) is 30.2 Å². The minimum Gasteiger partial charge on any atom is -0.507 e. The van der Waals surface area contributed by atoms with E-state index in [-0.39, 0.29) is 17.1 Å². The summed E-state index contributed by atoms with van der Waals surface area (Å²) in [5.41, 5.74) is 2.13. The van der Waals surface area contributed by atoms with Crippen molar-refractivity contribution in [3.8, 4) is 5.75 Å². The first-order valence-electron chi connectivity index (χ1n) is 8.42. The highest BCUT2D eigenvalue weighted by molar-refractivity contribution is 6.30. The molecule has 0 atom stereocenters. The summed E-state index contributed by atoms with van der Waals surface area (Å²) >= 11 is 6.17. The van der Waals surface area contributed by atoms with Crippen LogP contribution in [0.15, 0.2) is 42.5 Å². The van der Waals surface area contributed by atoms with Crippen LogP contribution in [-0.4, -0.2) is 30.8 Å². The second-order valence-corrected chi connectivity index (χ2v) is 7.04. The van der Waals surface area contributed by atoms with Crippen LogP contribution in [0.5, 0.6) is 5.75 Å². The summed E-state index contributed by atoms with van der Waals surface area (Å²) in [5.74, 6) is -0.277. The SMILES string of the molecule is Cc1ccc(O)c(C(=O)NCC2(c3cccc(Cl)c3)CCOCC2)c1. The van der Waals surface area contributed by atoms with E-state index >= 15 is 0 Å². The highest BCUT2D eigenvalue weighted by atomic mass is 35.5. The Morgan fingerprint density at radius 2 is 2.00 bits per heavy atom. The monoisotopic (exact) mass is 359 g/mol. The van der Waals surface area contributed by atoms with E-state index in [1.165, 1.54) is 0 Å². The zero-order valence-electron chi connectivity index (χ0n) is 14.2. The van der Waals surface area contributed by atoms with Crippen LogP contribution in [0.3, 0.4) is 0 Å². The molecule has 0 radical (unpaired) electrons. The van der Waals surface area contributed by atoms with Crippen molar-refractivity contribution in [2.45, 2.75) is 25.2 Å². The van der Waals surface area contributed by atoms with Gasteiger partial charge in [-0.15, -0.1) is 0 Å². The number of amides is 1. The number of aryl methyl sites for hydroxylation is 1. The number of rotatable bonds is 4. The average molecular weight is 360 g/mol. The molecule has 0 aromatic heterocycles. The third kappa shape index (κ3) is 3.97. The Balaban J connectivity index is 1.82. The van der Waals surface area contributed by atoms with Crippen LogP contribution in [0.4, 0.5) is 0 Å². The molecule has 0 bridgehead atoms. The van der Waals surface area contributed by atoms with Gasteiger partial charge >= 0.3 is 0 Å². The Morgan fingerprint density at radius 1 is 1.24 bits per heavy atom. The number of aromatic hydroxyl groups is 1. The van der Waals surface area contributed by atoms with Gasteiger partial charge in [-0.1, -0.05) is 35.4 Å². The number of ether oxygens (including phenoxy) is 1. The van der Waals surface area contributed by atoms with Gasteiger partial charge in [-0.05, 0) is 49.6 Å². The van der Waals surface area contributed by atoms with Gasteiger partial charge in [-0.25, -0.2) is 0 Å². The Bertz CT molecular complexity index is 769. The normalized spacial score (nSPS) is 16.4. The fourth-order valence-electron chi connectivity index (χ4n) is 3.32. The maximum Gasteiger partial charge on any atom is 0.255 e. The maximum atomic E-state index is 12.6. The molecule has 1 fully saturated rings. The van der Waals surface area contributed by atoms with Gasteiger partial charge in [0.15, 0.2) is 0 Å². The summed E-state index contributed by atoms with van der Waals surface area (Å²) in [5, 5.41) is 13.6. The molecule has 25 heavy (non-hydrogen) atoms. The van der Waals surface area contributed by atoms with Gasteiger partial charge < -0.3 is 15.2 Å². The predicted octanol–water partition coefficient (Wildman–Crippen LogP) is 3.83. The summed E-state index contributed by atoms with van der Waals surface area (Å²) in [4.78, 5) is 12.6. The summed E-state index contributed by atoms with van der Waals surface area (Å²) in [6.07, 6.45) is 1.63. The Labute approximate surface area is 152 Å². The van der Waals surface area contributed by atoms with Crippen LogP contribution in [0.25, 0.3) is 0 Å². The second kappa shape index (κ2) is 7.46. The molecular formula is C20H22ClNO3. The van der Waals surface area contributed by atoms with Gasteiger partial charge in [-0.2, -0.15) is 0 Å². The lowest BCUT2D eigenvalue weighted by atomic mass is 9.74. The number of halogens is 1. The van der Waals surface area contributed by atoms with Crippen molar-refractivity contribution in [1.82, 2.24) is 5.32 Å². The first-order chi connectivity index (χ1) is 12.0. The number of nitrogens with one attached hydrogen (secondary N) is 1. The third-order valence-corrected chi connectivity index (χ3v) is 5.11. The molecular weight excluding hydrogens is 338 g/mol. The smallest absolute Gasteiger partial charge is 0.255 e. The summed E-state index contributed by atoms with van der Waals surface area (Å²) in [6.45, 7) is 3.67. The van der Waals surface area contributed by atoms with Gasteiger partial charge in [-0.3, -0.25) is 4.79 Å². The van der Waals surface area contributed by atoms with E-state index in [4.69, 9.17) is 16.3 Å². The number of hydrogen-bond acceptors (Lipinski definition) is 3. The number of benzene rings is 2. The van der Waals surface area contributed by atoms with Gasteiger partial charge in [0.05, 0.1) is 5.56 Å². The fraction of sp³-hybridized carbons (Fsp3) is 0.350. The highest BCUT2D eigenvalue weighted by Gasteiger charge is 2.35. The lowest BCUT2D eigenvalue weighted by Crippen LogP contribution is -2.44. The van der Waals surface area contributed by atoms with Crippen molar-refractivity contribution in [2.75, 3.05) is 19.8 Å². The summed E-state index contributed by atoms with van der Waals surface area (Å²) in [7, 11) is 0. The van der Waals surface area contributed by atoms with E-state index in [1.807, 2.05) is 31.2 Å². The largest absolute Gasteiger partial charge is 0.507 e. The van der Waals surface area contributed by atoms with Crippen LogP contribution in [0.2, 0.25) is 5.02 Å². The molecule has 4 nitrogen and oxygen atoms in total. The molecule has 0 spiro atoms. The topological polar surface area (TPSA) is 58.6 Å². The quantitative estimate of drug-likeness (QED) is 0.872. The van der Waals surface area contributed by atoms with E-state index in [2.05, 4.69) is 5.32 Å². The van der Waals surface area contributed by atoms with Crippen molar-refractivity contribution in [1.29, 1.82) is 0 Å². The van der Waals surface area contributed by atoms with E-state index in [0.29, 0.717) is 30.3 Å². The van der Waals surface area contributed by atoms with Crippen LogP contribution < -0.4 is 5.32 Å². The third-order valence-electron chi connectivity index (χ3n) is 4.87. The molecule has 0 saturated carbocycles. The predicted molar refractivity (Wildman–Crippen MR) is 98.4 cm³/mol. The van der Waals surface area contributed by atoms with Gasteiger partial charge in [0.1, 0.15) is 5.75 Å². The standard InChI is InChI=1S/C20H22ClNO3/c1-14-5-6-18(23)17(11-14)19(24)22-13-20(7-9-25-10-8-20)15-3-2-4-16(21)12-15/h2-6,11-12,23H,7-10,13H2,1H3,(H,22,24). The van der Waals surface area contributed by atoms with Gasteiger partial charge in [0.25, 0.3) is 5.91 Å². The Hall–Kier alpha value is -2.04. The van der Waals surface area contributed by atoms with Crippen molar-refractivity contribution in [2.24, 2.45) is 0 Å². The lowest BCUT2D eigenvalue weighted by molar-refractivity contribution is 0.0487. The number of phenols is 1. The zero-order valence-corrected chi connectivity index (χ0v) is 15.0. The molecule has 132 valence electrons. The van der Waals surface area contributed by atoms with Crippen molar-refractivity contribution < 1.29 is 14.6 Å². The van der Waals surface area contributed by atoms with E-state index < -0.39 is 0 Å². The summed E-state index contributed by atoms with van der Waals surface area (Å²) < 4.78 is 5.52. The molecule has 1 saturated heterocycles. The molecule has 2 N–H and O–H groups in total. The molecule has 1 amide bonds. The summed E-state index contributed by atoms with van der Waals surface area (Å²) in [6, 6.07) is 12.8. The number of phenolic OH excluding ortho intramolecular Hbond substituents is 1. The molecule has 0 aliphatic carbocycles. The minimum absolute atomic E-state index is 0.00752. The molecule has 1 aliphatic heterocycles. The number of carbonyl (C=O) groups excluding carboxylic acids is 1. The minimum atomic E-state index is -0.269. The molecule has 5 heteroatoms. The van der Waals surface area contributed by atoms with Crippen LogP contribution >= 0.6 is 11.6 Å². The number of hydrogen-bond donors (Lipinski definition) is 2. The second-order valence-electron chi connectivity index (χ2n) is 6.61. The maximum absolute atomic E-state index is 12.6. The van der Waals surface area contributed by atoms with E-state index in [0.717, 1.165) is 24.0 Å². The molecule has 1 heterocycles. The Kier molecular flexibility index (Phi) is 5.30. The van der Waals surface area contributed by atoms with Crippen LogP contribution in [0, 0.1) is 6.92 Å². The van der Waals surface area contributed by atoms with E-state index in [9.17, 15) is 9.90 Å². The molecule has 1 aliphatic rings. The molecule has 2 aromatic rings. The van der Waals surface area contributed by atoms with Crippen LogP contribution in [0.1, 0.15) is 34.3 Å². The van der Waals surface area contributed by atoms with Crippen molar-refractivity contribution in [3.05, 3.63) is 64.2 Å². The molecule has 0 unspecified atom stereocenters. The van der Waals surface area contributed by atoms with Crippen molar-refractivity contribution in [3.63, 3.8) is 0 Å². The van der Waals surface area contributed by atoms with Crippen LogP contribution in [-0.2, 0) is 10.2 Å². The average Bonchev–Trinajstić information content (AvgIpc) is 2.62. The zero-order chi connectivity index (χ0) is 17.9. The fourth-order valence-corrected chi connectivity index (χ4v) is 3.51. The molecule has 2 aromatic carbocycles. The molecule has 3 rings (SSSR count). The van der Waals surface area contributed by atoms with E-state index in [1.54, 1.807) is 18.2 Å². The first-order valence-corrected chi connectivity index (χ1v) is 8.80. The highest BCUT2D eigenvalue weighted by Crippen LogP contribution is 2.35. The van der Waals surface area contributed by atoms with Crippen molar-refractivity contribution >= 4 is 17.5 Å². The van der Waals surface area contributed by atoms with Gasteiger partial charge in [0.2, 0.25) is 0 Å². The first kappa shape index (κ1) is 17.8. The Morgan fingerprint density at radius 3 is 2.72 bits per heavy atom. The lowest BCUT2D eigenvalue weighted by Gasteiger charge is -2.38. The number of carbonyl (C=O) groups is 1.